The Morgan fingerprint density at radius 1 is 1.00 bits per heavy atom. The van der Waals surface area contributed by atoms with Crippen molar-refractivity contribution >= 4 is 11.0 Å². The van der Waals surface area contributed by atoms with E-state index in [2.05, 4.69) is 10.3 Å². The zero-order valence-corrected chi connectivity index (χ0v) is 13.4. The molecule has 2 N–H and O–H groups in total. The Labute approximate surface area is 142 Å². The summed E-state index contributed by atoms with van der Waals surface area (Å²) in [5.74, 6) is -0.837. The molecule has 0 saturated heterocycles. The smallest absolute Gasteiger partial charge is 0.229 e. The van der Waals surface area contributed by atoms with Gasteiger partial charge in [-0.3, -0.25) is 0 Å². The normalized spacial score (nSPS) is 11.3. The molecule has 7 heteroatoms. The van der Waals surface area contributed by atoms with Gasteiger partial charge in [0.2, 0.25) is 11.8 Å². The van der Waals surface area contributed by atoms with Gasteiger partial charge in [0, 0.05) is 0 Å². The molecule has 0 bridgehead atoms. The molecule has 0 amide bonds. The van der Waals surface area contributed by atoms with E-state index in [1.54, 1.807) is 0 Å². The highest BCUT2D eigenvalue weighted by atomic mass is 19.1. The van der Waals surface area contributed by atoms with E-state index in [1.807, 2.05) is 31.2 Å². The molecular formula is C18H15FN4O2. The summed E-state index contributed by atoms with van der Waals surface area (Å²) in [4.78, 5) is 0. The fourth-order valence-electron chi connectivity index (χ4n) is 2.89. The Hall–Kier alpha value is -3.35. The largest absolute Gasteiger partial charge is 0.493 e. The van der Waals surface area contributed by atoms with Gasteiger partial charge in [0.25, 0.3) is 0 Å². The van der Waals surface area contributed by atoms with Crippen LogP contribution in [-0.4, -0.2) is 29.8 Å². The molecule has 0 aliphatic rings. The molecule has 6 nitrogen and oxygen atoms in total. The van der Waals surface area contributed by atoms with Gasteiger partial charge >= 0.3 is 0 Å². The zero-order chi connectivity index (χ0) is 17.6. The van der Waals surface area contributed by atoms with Gasteiger partial charge in [-0.25, -0.2) is 13.6 Å². The number of aromatic hydroxyl groups is 2. The second kappa shape index (κ2) is 5.62. The van der Waals surface area contributed by atoms with Crippen molar-refractivity contribution in [3.8, 4) is 17.4 Å². The molecule has 126 valence electrons. The molecule has 2 heterocycles. The number of hydrogen-bond donors (Lipinski definition) is 2. The van der Waals surface area contributed by atoms with Crippen molar-refractivity contribution in [3.05, 3.63) is 65.5 Å². The van der Waals surface area contributed by atoms with Crippen molar-refractivity contribution in [1.29, 1.82) is 0 Å². The highest BCUT2D eigenvalue weighted by Gasteiger charge is 2.23. The van der Waals surface area contributed by atoms with E-state index in [0.29, 0.717) is 17.7 Å². The van der Waals surface area contributed by atoms with Crippen molar-refractivity contribution in [3.63, 3.8) is 0 Å². The van der Waals surface area contributed by atoms with Crippen molar-refractivity contribution in [2.75, 3.05) is 0 Å². The molecule has 0 saturated carbocycles. The van der Waals surface area contributed by atoms with Crippen molar-refractivity contribution in [2.24, 2.45) is 0 Å². The first-order valence-electron chi connectivity index (χ1n) is 7.72. The van der Waals surface area contributed by atoms with E-state index in [-0.39, 0.29) is 17.3 Å². The summed E-state index contributed by atoms with van der Waals surface area (Å²) < 4.78 is 15.9. The fraction of sp³-hybridized carbons (Fsp3) is 0.111. The molecule has 0 aliphatic carbocycles. The number of halogens is 1. The maximum Gasteiger partial charge on any atom is 0.229 e. The second-order valence-corrected chi connectivity index (χ2v) is 5.83. The van der Waals surface area contributed by atoms with Crippen LogP contribution >= 0.6 is 0 Å². The summed E-state index contributed by atoms with van der Waals surface area (Å²) in [7, 11) is 0. The summed E-state index contributed by atoms with van der Waals surface area (Å²) in [5, 5.41) is 29.1. The topological polar surface area (TPSA) is 76.1 Å². The molecule has 0 spiro atoms. The van der Waals surface area contributed by atoms with Crippen LogP contribution in [-0.2, 0) is 6.54 Å². The van der Waals surface area contributed by atoms with Gasteiger partial charge in [-0.15, -0.1) is 5.10 Å². The second-order valence-electron chi connectivity index (χ2n) is 5.83. The lowest BCUT2D eigenvalue weighted by atomic mass is 10.1. The third-order valence-corrected chi connectivity index (χ3v) is 4.25. The molecule has 25 heavy (non-hydrogen) atoms. The predicted octanol–water partition coefficient (Wildman–Crippen LogP) is 3.13. The minimum Gasteiger partial charge on any atom is -0.493 e. The monoisotopic (exact) mass is 338 g/mol. The number of hydrogen-bond acceptors (Lipinski definition) is 4. The first-order chi connectivity index (χ1) is 12.1. The summed E-state index contributed by atoms with van der Waals surface area (Å²) >= 11 is 0. The van der Waals surface area contributed by atoms with E-state index >= 15 is 0 Å². The van der Waals surface area contributed by atoms with E-state index in [9.17, 15) is 14.6 Å². The fourth-order valence-corrected chi connectivity index (χ4v) is 2.89. The Morgan fingerprint density at radius 3 is 2.44 bits per heavy atom. The summed E-state index contributed by atoms with van der Waals surface area (Å²) in [6.45, 7) is 2.40. The standard InChI is InChI=1S/C18H15FN4O2/c1-11-4-2-3-5-12(11)10-22-16-15(20-21-22)17(24)23(18(16)25)14-8-6-13(19)7-9-14/h2-9,24-25H,10H2,1H3. The molecule has 2 aromatic heterocycles. The Bertz CT molecular complexity index is 1070. The molecule has 0 aliphatic heterocycles. The van der Waals surface area contributed by atoms with Crippen LogP contribution < -0.4 is 0 Å². The van der Waals surface area contributed by atoms with Gasteiger partial charge in [-0.05, 0) is 42.3 Å². The maximum absolute atomic E-state index is 13.1. The minimum absolute atomic E-state index is 0.190. The minimum atomic E-state index is -0.400. The van der Waals surface area contributed by atoms with Gasteiger partial charge in [0.1, 0.15) is 5.82 Å². The van der Waals surface area contributed by atoms with E-state index in [1.165, 1.54) is 33.5 Å². The van der Waals surface area contributed by atoms with Crippen LogP contribution in [0.1, 0.15) is 11.1 Å². The Morgan fingerprint density at radius 2 is 1.72 bits per heavy atom. The quantitative estimate of drug-likeness (QED) is 0.602. The molecule has 0 fully saturated rings. The third-order valence-electron chi connectivity index (χ3n) is 4.25. The third kappa shape index (κ3) is 2.40. The molecule has 0 radical (unpaired) electrons. The molecule has 4 aromatic rings. The van der Waals surface area contributed by atoms with E-state index in [4.69, 9.17) is 0 Å². The van der Waals surface area contributed by atoms with Gasteiger partial charge < -0.3 is 10.2 Å². The van der Waals surface area contributed by atoms with Crippen LogP contribution in [0.15, 0.2) is 48.5 Å². The van der Waals surface area contributed by atoms with E-state index < -0.39 is 5.82 Å². The van der Waals surface area contributed by atoms with Gasteiger partial charge in [-0.1, -0.05) is 29.5 Å². The van der Waals surface area contributed by atoms with Crippen LogP contribution in [0.25, 0.3) is 16.7 Å². The van der Waals surface area contributed by atoms with Crippen LogP contribution in [0.5, 0.6) is 11.8 Å². The van der Waals surface area contributed by atoms with Gasteiger partial charge in [-0.2, -0.15) is 0 Å². The number of aromatic nitrogens is 4. The Kier molecular flexibility index (Phi) is 3.42. The van der Waals surface area contributed by atoms with E-state index in [0.717, 1.165) is 11.1 Å². The van der Waals surface area contributed by atoms with Crippen molar-refractivity contribution < 1.29 is 14.6 Å². The van der Waals surface area contributed by atoms with Crippen molar-refractivity contribution in [1.82, 2.24) is 19.6 Å². The number of aryl methyl sites for hydroxylation is 1. The highest BCUT2D eigenvalue weighted by Crippen LogP contribution is 2.37. The molecule has 2 aromatic carbocycles. The number of rotatable bonds is 3. The molecule has 0 atom stereocenters. The van der Waals surface area contributed by atoms with Gasteiger partial charge in [0.15, 0.2) is 11.0 Å². The summed E-state index contributed by atoms with van der Waals surface area (Å²) in [6.07, 6.45) is 0. The number of benzene rings is 2. The van der Waals surface area contributed by atoms with Crippen LogP contribution in [0.4, 0.5) is 4.39 Å². The predicted molar refractivity (Wildman–Crippen MR) is 90.4 cm³/mol. The van der Waals surface area contributed by atoms with Crippen LogP contribution in [0.3, 0.4) is 0 Å². The first-order valence-corrected chi connectivity index (χ1v) is 7.72. The van der Waals surface area contributed by atoms with Crippen LogP contribution in [0, 0.1) is 12.7 Å². The molecular weight excluding hydrogens is 323 g/mol. The average Bonchev–Trinajstić information content (AvgIpc) is 3.12. The SMILES string of the molecule is Cc1ccccc1Cn1nnc2c(O)n(-c3ccc(F)cc3)c(O)c21. The zero-order valence-electron chi connectivity index (χ0n) is 13.4. The number of nitrogens with zero attached hydrogens (tertiary/aromatic N) is 4. The first kappa shape index (κ1) is 15.2. The lowest BCUT2D eigenvalue weighted by molar-refractivity contribution is 0.402. The lowest BCUT2D eigenvalue weighted by Gasteiger charge is -2.08. The summed E-state index contributed by atoms with van der Waals surface area (Å²) in [5.41, 5.74) is 3.06. The van der Waals surface area contributed by atoms with Gasteiger partial charge in [0.05, 0.1) is 12.2 Å². The van der Waals surface area contributed by atoms with Crippen molar-refractivity contribution in [2.45, 2.75) is 13.5 Å². The average molecular weight is 338 g/mol. The maximum atomic E-state index is 13.1. The highest BCUT2D eigenvalue weighted by molar-refractivity contribution is 5.87. The molecule has 4 rings (SSSR count). The molecule has 0 unspecified atom stereocenters. The lowest BCUT2D eigenvalue weighted by Crippen LogP contribution is -2.04. The van der Waals surface area contributed by atoms with Crippen LogP contribution in [0.2, 0.25) is 0 Å². The number of fused-ring (bicyclic) bond motifs is 1. The summed E-state index contributed by atoms with van der Waals surface area (Å²) in [6, 6.07) is 13.3. The Balaban J connectivity index is 1.85.